The van der Waals surface area contributed by atoms with Crippen LogP contribution in [0.5, 0.6) is 0 Å². The minimum absolute atomic E-state index is 0.0558. The van der Waals surface area contributed by atoms with Crippen LogP contribution >= 0.6 is 0 Å². The van der Waals surface area contributed by atoms with E-state index in [-0.39, 0.29) is 36.8 Å². The summed E-state index contributed by atoms with van der Waals surface area (Å²) in [7, 11) is 1.96. The highest BCUT2D eigenvalue weighted by molar-refractivity contribution is 6.00. The van der Waals surface area contributed by atoms with Gasteiger partial charge in [0, 0.05) is 146 Å². The van der Waals surface area contributed by atoms with Gasteiger partial charge in [-0.3, -0.25) is 24.7 Å². The first-order chi connectivity index (χ1) is 44.6. The number of fused-ring (bicyclic) bond motifs is 4. The number of carbonyl (C=O) groups is 2. The van der Waals surface area contributed by atoms with Gasteiger partial charge in [-0.1, -0.05) is 72.8 Å². The van der Waals surface area contributed by atoms with E-state index in [1.165, 1.54) is 11.6 Å². The van der Waals surface area contributed by atoms with Gasteiger partial charge in [-0.25, -0.2) is 24.2 Å². The number of benzene rings is 4. The van der Waals surface area contributed by atoms with Crippen molar-refractivity contribution in [2.75, 3.05) is 33.4 Å². The largest absolute Gasteiger partial charge is 0.466 e. The van der Waals surface area contributed by atoms with Gasteiger partial charge in [0.1, 0.15) is 0 Å². The van der Waals surface area contributed by atoms with Gasteiger partial charge in [-0.15, -0.1) is 0 Å². The fourth-order valence-corrected chi connectivity index (χ4v) is 10.7. The van der Waals surface area contributed by atoms with Crippen LogP contribution in [0.3, 0.4) is 0 Å². The molecule has 18 nitrogen and oxygen atoms in total. The zero-order chi connectivity index (χ0) is 63.9. The van der Waals surface area contributed by atoms with E-state index in [1.54, 1.807) is 57.2 Å². The third-order valence-electron chi connectivity index (χ3n) is 15.1. The smallest absolute Gasteiger partial charge is 0.331 e. The molecule has 0 saturated heterocycles. The summed E-state index contributed by atoms with van der Waals surface area (Å²) in [5.41, 5.74) is 14.4. The van der Waals surface area contributed by atoms with Crippen LogP contribution in [-0.4, -0.2) is 90.3 Å². The molecule has 12 rings (SSSR count). The van der Waals surface area contributed by atoms with E-state index in [4.69, 9.17) is 35.8 Å². The van der Waals surface area contributed by atoms with Crippen LogP contribution in [0.4, 0.5) is 22.7 Å². The molecule has 3 unspecified atom stereocenters. The third kappa shape index (κ3) is 15.9. The Morgan fingerprint density at radius 2 is 0.923 bits per heavy atom. The number of aliphatic hydroxyl groups is 1. The normalized spacial score (nSPS) is 11.8. The number of aliphatic hydroxyl groups excluding tert-OH is 1. The quantitative estimate of drug-likeness (QED) is 0.0271. The van der Waals surface area contributed by atoms with Gasteiger partial charge in [-0.05, 0) is 135 Å². The molecular weight excluding hydrogens is 1140 g/mol. The molecule has 0 aliphatic rings. The van der Waals surface area contributed by atoms with Gasteiger partial charge in [0.15, 0.2) is 0 Å². The number of hydrogen-bond donors (Lipinski definition) is 6. The second-order valence-corrected chi connectivity index (χ2v) is 20.7. The number of nitrogens with one attached hydrogen (secondary N) is 5. The Morgan fingerprint density at radius 3 is 1.32 bits per heavy atom. The molecule has 0 amide bonds. The van der Waals surface area contributed by atoms with Crippen molar-refractivity contribution in [1.82, 2.24) is 45.2 Å². The van der Waals surface area contributed by atoms with Crippen molar-refractivity contribution in [3.05, 3.63) is 292 Å². The lowest BCUT2D eigenvalue weighted by Crippen LogP contribution is -2.14. The monoisotopic (exact) mass is 1200 g/mol. The molecule has 0 saturated carbocycles. The number of carbonyl (C=O) groups excluding carboxylic acids is 2. The molecule has 91 heavy (non-hydrogen) atoms. The molecule has 0 aliphatic carbocycles. The molecule has 12 aromatic rings. The Bertz CT molecular complexity index is 4610. The zero-order valence-corrected chi connectivity index (χ0v) is 50.4. The molecule has 0 fully saturated rings. The molecule has 4 aromatic carbocycles. The minimum atomic E-state index is -0.411. The van der Waals surface area contributed by atoms with E-state index in [2.05, 4.69) is 82.8 Å². The maximum Gasteiger partial charge on any atom is 0.331 e. The number of hydrogen-bond acceptors (Lipinski definition) is 10. The van der Waals surface area contributed by atoms with Gasteiger partial charge < -0.3 is 39.8 Å². The van der Waals surface area contributed by atoms with Gasteiger partial charge in [0.2, 0.25) is 22.7 Å². The number of esters is 2. The lowest BCUT2D eigenvalue weighted by Gasteiger charge is -2.17. The van der Waals surface area contributed by atoms with Gasteiger partial charge >= 0.3 is 11.9 Å². The van der Waals surface area contributed by atoms with Gasteiger partial charge in [-0.2, -0.15) is 0 Å². The summed E-state index contributed by atoms with van der Waals surface area (Å²) in [5.74, 6) is -0.541. The Balaban J connectivity index is 0.000000144. The average Bonchev–Trinajstić information content (AvgIpc) is 1.97. The van der Waals surface area contributed by atoms with Crippen LogP contribution < -0.4 is 5.32 Å². The second-order valence-electron chi connectivity index (χ2n) is 20.7. The summed E-state index contributed by atoms with van der Waals surface area (Å²) >= 11 is 0. The molecule has 18 heteroatoms. The highest BCUT2D eigenvalue weighted by atomic mass is 16.5. The van der Waals surface area contributed by atoms with E-state index >= 15 is 0 Å². The van der Waals surface area contributed by atoms with Crippen LogP contribution in [0.1, 0.15) is 95.9 Å². The highest BCUT2D eigenvalue weighted by Gasteiger charge is 2.22. The summed E-state index contributed by atoms with van der Waals surface area (Å²) in [6.45, 7) is 34.0. The van der Waals surface area contributed by atoms with Crippen molar-refractivity contribution in [3.8, 4) is 0 Å². The SMILES string of the molecule is [C-]#[N+]c1c[nH]c2cc(C(=CC(=O)OCC)c3ccccn3)ccc12.[C-]#[N+]c1c[nH]c2cc(C(CC(=O)OCC)c3ccccn3)ccc12.[C-]#[N+]c1c[nH]c2cc(C(CCNC)c3ccccn3)ccc12.[C-]#[N+]c1c[nH]c2cc(C(CCO)c3ccccn3)ccc12. The number of H-pyrrole nitrogens is 4. The molecule has 0 bridgehead atoms. The lowest BCUT2D eigenvalue weighted by molar-refractivity contribution is -0.143. The van der Waals surface area contributed by atoms with Gasteiger partial charge in [0.25, 0.3) is 0 Å². The number of rotatable bonds is 18. The van der Waals surface area contributed by atoms with Crippen molar-refractivity contribution in [2.24, 2.45) is 0 Å². The molecule has 6 N–H and O–H groups in total. The summed E-state index contributed by atoms with van der Waals surface area (Å²) in [5, 5.41) is 16.2. The number of ether oxygens (including phenoxy) is 2. The van der Waals surface area contributed by atoms with E-state index in [0.29, 0.717) is 53.7 Å². The third-order valence-corrected chi connectivity index (χ3v) is 15.1. The van der Waals surface area contributed by atoms with E-state index < -0.39 is 5.97 Å². The second kappa shape index (κ2) is 31.7. The fourth-order valence-electron chi connectivity index (χ4n) is 10.7. The van der Waals surface area contributed by atoms with Crippen LogP contribution in [0.15, 0.2) is 201 Å². The van der Waals surface area contributed by atoms with Crippen molar-refractivity contribution in [2.45, 2.75) is 50.9 Å². The molecule has 8 aromatic heterocycles. The molecule has 452 valence electrons. The average molecular weight is 1200 g/mol. The first kappa shape index (κ1) is 63.7. The predicted octanol–water partition coefficient (Wildman–Crippen LogP) is 15.8. The molecule has 3 atom stereocenters. The van der Waals surface area contributed by atoms with Crippen molar-refractivity contribution in [3.63, 3.8) is 0 Å². The highest BCUT2D eigenvalue weighted by Crippen LogP contribution is 2.36. The maximum atomic E-state index is 12.0. The zero-order valence-electron chi connectivity index (χ0n) is 50.4. The first-order valence-electron chi connectivity index (χ1n) is 29.5. The van der Waals surface area contributed by atoms with E-state index in [0.717, 1.165) is 90.3 Å². The maximum absolute atomic E-state index is 12.0. The topological polar surface area (TPSA) is 217 Å². The molecule has 0 radical (unpaired) electrons. The summed E-state index contributed by atoms with van der Waals surface area (Å²) in [4.78, 5) is 68.2. The number of pyridine rings is 4. The van der Waals surface area contributed by atoms with Crippen molar-refractivity contribution >= 4 is 83.9 Å². The Morgan fingerprint density at radius 1 is 0.516 bits per heavy atom. The van der Waals surface area contributed by atoms with Crippen LogP contribution in [0.2, 0.25) is 0 Å². The summed E-state index contributed by atoms with van der Waals surface area (Å²) in [6.07, 6.45) is 17.2. The minimum Gasteiger partial charge on any atom is -0.466 e. The fraction of sp³-hybridized carbons (Fsp3) is 0.178. The van der Waals surface area contributed by atoms with Crippen LogP contribution in [-0.2, 0) is 19.1 Å². The van der Waals surface area contributed by atoms with Crippen LogP contribution in [0.25, 0.3) is 68.6 Å². The number of aromatic amines is 4. The summed E-state index contributed by atoms with van der Waals surface area (Å²) < 4.78 is 10.1. The standard InChI is InChI=1S/C19H17N3O2.C19H15N3O2.C18H18N4.C17H15N3O/c2*1-3-24-19(23)11-15(16-6-4-5-9-21-16)13-7-8-14-17(10-13)22-12-18(14)20-2;1-19-10-8-14(16-5-3-4-9-21-16)13-6-7-15-17(11-13)22-12-18(15)20-2;1-18-17-11-20-16-10-12(5-6-14(16)17)13(7-9-21)15-4-2-3-8-19-15/h4-10,12,15,22H,3,11H2,1H3;4-12,22H,3H2,1H3;3-7,9,11-12,14,19,22H,8,10H2,1H3;2-6,8,10-11,13,20-21H,7,9H2. The predicted molar refractivity (Wildman–Crippen MR) is 356 cm³/mol. The molecule has 0 spiro atoms. The Labute approximate surface area is 527 Å². The van der Waals surface area contributed by atoms with Gasteiger partial charge in [0.05, 0.1) is 51.6 Å². The molecule has 0 aliphatic heterocycles. The van der Waals surface area contributed by atoms with E-state index in [9.17, 15) is 14.7 Å². The van der Waals surface area contributed by atoms with E-state index in [1.807, 2.05) is 141 Å². The summed E-state index contributed by atoms with van der Waals surface area (Å²) in [6, 6.07) is 46.8. The Kier molecular flexibility index (Phi) is 22.2. The number of nitrogens with zero attached hydrogens (tertiary/aromatic N) is 8. The molecular formula is C73H65N13O5. The lowest BCUT2D eigenvalue weighted by atomic mass is 9.91. The van der Waals surface area contributed by atoms with Crippen molar-refractivity contribution < 1.29 is 24.2 Å². The molecule has 8 heterocycles. The Hall–Kier alpha value is -11.8. The van der Waals surface area contributed by atoms with Crippen LogP contribution in [0, 0.1) is 26.3 Å². The first-order valence-corrected chi connectivity index (χ1v) is 29.5. The number of aromatic nitrogens is 8. The van der Waals surface area contributed by atoms with Crippen molar-refractivity contribution in [1.29, 1.82) is 0 Å².